The van der Waals surface area contributed by atoms with E-state index >= 15 is 0 Å². The zero-order chi connectivity index (χ0) is 20.5. The number of aromatic nitrogens is 5. The zero-order valence-corrected chi connectivity index (χ0v) is 17.2. The monoisotopic (exact) mass is 400 g/mol. The number of nitrogens with zero attached hydrogens (tertiary/aromatic N) is 5. The van der Waals surface area contributed by atoms with Crippen molar-refractivity contribution in [2.75, 3.05) is 19.0 Å². The second kappa shape index (κ2) is 7.74. The van der Waals surface area contributed by atoms with E-state index in [1.54, 1.807) is 18.0 Å². The van der Waals surface area contributed by atoms with Crippen molar-refractivity contribution in [2.24, 2.45) is 13.0 Å². The molecular weight excluding hydrogens is 376 g/mol. The van der Waals surface area contributed by atoms with Gasteiger partial charge in [-0.3, -0.25) is 4.68 Å². The van der Waals surface area contributed by atoms with Crippen molar-refractivity contribution in [3.63, 3.8) is 0 Å². The summed E-state index contributed by atoms with van der Waals surface area (Å²) < 4.78 is 7.46. The molecule has 7 nitrogen and oxygen atoms in total. The molecule has 0 bridgehead atoms. The van der Waals surface area contributed by atoms with Crippen molar-refractivity contribution in [3.8, 4) is 16.9 Å². The molecule has 1 saturated carbocycles. The SMILES string of the molecule is COc1cc(-c2cnn(C)c2)ccc1Cc1ncc2ccnc(NCC3CC3)c2n1. The minimum atomic E-state index is 0.587. The van der Waals surface area contributed by atoms with Crippen LogP contribution in [-0.4, -0.2) is 38.4 Å². The Balaban J connectivity index is 1.43. The predicted molar refractivity (Wildman–Crippen MR) is 117 cm³/mol. The first-order valence-corrected chi connectivity index (χ1v) is 10.2. The molecule has 1 aromatic carbocycles. The molecule has 1 aliphatic carbocycles. The maximum Gasteiger partial charge on any atom is 0.152 e. The molecule has 7 heteroatoms. The van der Waals surface area contributed by atoms with Crippen LogP contribution in [0.25, 0.3) is 22.0 Å². The van der Waals surface area contributed by atoms with E-state index in [9.17, 15) is 0 Å². The largest absolute Gasteiger partial charge is 0.496 e. The maximum atomic E-state index is 5.66. The Hall–Kier alpha value is -3.48. The Labute approximate surface area is 175 Å². The zero-order valence-electron chi connectivity index (χ0n) is 17.2. The highest BCUT2D eigenvalue weighted by Crippen LogP contribution is 2.30. The van der Waals surface area contributed by atoms with Gasteiger partial charge in [-0.25, -0.2) is 15.0 Å². The number of benzene rings is 1. The minimum absolute atomic E-state index is 0.587. The average Bonchev–Trinajstić information content (AvgIpc) is 3.50. The number of rotatable bonds is 7. The molecule has 1 fully saturated rings. The second-order valence-corrected chi connectivity index (χ2v) is 7.81. The summed E-state index contributed by atoms with van der Waals surface area (Å²) in [5, 5.41) is 8.70. The van der Waals surface area contributed by atoms with Crippen LogP contribution in [0.15, 0.2) is 49.1 Å². The van der Waals surface area contributed by atoms with Crippen molar-refractivity contribution in [1.82, 2.24) is 24.7 Å². The molecule has 5 rings (SSSR count). The Morgan fingerprint density at radius 3 is 2.80 bits per heavy atom. The quantitative estimate of drug-likeness (QED) is 0.508. The van der Waals surface area contributed by atoms with E-state index in [0.717, 1.165) is 57.4 Å². The number of methoxy groups -OCH3 is 1. The lowest BCUT2D eigenvalue weighted by Gasteiger charge is -2.11. The molecule has 0 aliphatic heterocycles. The molecule has 30 heavy (non-hydrogen) atoms. The van der Waals surface area contributed by atoms with Gasteiger partial charge in [0.2, 0.25) is 0 Å². The van der Waals surface area contributed by atoms with Crippen LogP contribution >= 0.6 is 0 Å². The highest BCUT2D eigenvalue weighted by Gasteiger charge is 2.21. The van der Waals surface area contributed by atoms with Crippen LogP contribution < -0.4 is 10.1 Å². The maximum absolute atomic E-state index is 5.66. The third kappa shape index (κ3) is 3.83. The van der Waals surface area contributed by atoms with Gasteiger partial charge in [-0.1, -0.05) is 12.1 Å². The van der Waals surface area contributed by atoms with Crippen LogP contribution in [0.3, 0.4) is 0 Å². The molecule has 0 atom stereocenters. The number of pyridine rings is 1. The first kappa shape index (κ1) is 18.5. The molecule has 0 unspecified atom stereocenters. The summed E-state index contributed by atoms with van der Waals surface area (Å²) in [5.74, 6) is 3.17. The molecule has 152 valence electrons. The van der Waals surface area contributed by atoms with Crippen LogP contribution in [0.4, 0.5) is 5.82 Å². The second-order valence-electron chi connectivity index (χ2n) is 7.81. The average molecular weight is 400 g/mol. The summed E-state index contributed by atoms with van der Waals surface area (Å²) in [5.41, 5.74) is 4.04. The lowest BCUT2D eigenvalue weighted by molar-refractivity contribution is 0.410. The predicted octanol–water partition coefficient (Wildman–Crippen LogP) is 3.85. The van der Waals surface area contributed by atoms with Crippen LogP contribution in [0, 0.1) is 5.92 Å². The van der Waals surface area contributed by atoms with Gasteiger partial charge < -0.3 is 10.1 Å². The van der Waals surface area contributed by atoms with Crippen LogP contribution in [0.2, 0.25) is 0 Å². The third-order valence-electron chi connectivity index (χ3n) is 5.48. The molecule has 0 saturated heterocycles. The number of hydrogen-bond acceptors (Lipinski definition) is 6. The first-order valence-electron chi connectivity index (χ1n) is 10.2. The molecule has 3 aromatic heterocycles. The number of ether oxygens (including phenoxy) is 1. The molecule has 1 N–H and O–H groups in total. The van der Waals surface area contributed by atoms with Crippen LogP contribution in [-0.2, 0) is 13.5 Å². The van der Waals surface area contributed by atoms with Crippen molar-refractivity contribution in [3.05, 3.63) is 60.4 Å². The van der Waals surface area contributed by atoms with Crippen molar-refractivity contribution >= 4 is 16.7 Å². The third-order valence-corrected chi connectivity index (χ3v) is 5.48. The Morgan fingerprint density at radius 1 is 1.13 bits per heavy atom. The van der Waals surface area contributed by atoms with E-state index in [-0.39, 0.29) is 0 Å². The standard InChI is InChI=1S/C23H24N6O/c1-29-14-19(13-27-29)16-5-6-17(20(9-16)30-2)10-21-25-12-18-7-8-24-23(22(18)28-21)26-11-15-3-4-15/h5-9,12-15H,3-4,10-11H2,1-2H3,(H,24,26). The molecule has 1 aliphatic rings. The lowest BCUT2D eigenvalue weighted by Crippen LogP contribution is -2.07. The van der Waals surface area contributed by atoms with Crippen LogP contribution in [0.5, 0.6) is 5.75 Å². The molecule has 3 heterocycles. The number of anilines is 1. The summed E-state index contributed by atoms with van der Waals surface area (Å²) in [7, 11) is 3.60. The molecule has 4 aromatic rings. The first-order chi connectivity index (χ1) is 14.7. The number of nitrogens with one attached hydrogen (secondary N) is 1. The van der Waals surface area contributed by atoms with Gasteiger partial charge >= 0.3 is 0 Å². The fourth-order valence-electron chi connectivity index (χ4n) is 3.58. The van der Waals surface area contributed by atoms with E-state index in [1.165, 1.54) is 12.8 Å². The molecule has 0 radical (unpaired) electrons. The summed E-state index contributed by atoms with van der Waals surface area (Å²) in [6.45, 7) is 0.953. The van der Waals surface area contributed by atoms with Gasteiger partial charge in [0.1, 0.15) is 17.1 Å². The van der Waals surface area contributed by atoms with Gasteiger partial charge in [0, 0.05) is 55.1 Å². The summed E-state index contributed by atoms with van der Waals surface area (Å²) in [6, 6.07) is 8.15. The smallest absolute Gasteiger partial charge is 0.152 e. The molecule has 0 amide bonds. The molecule has 0 spiro atoms. The summed E-state index contributed by atoms with van der Waals surface area (Å²) >= 11 is 0. The van der Waals surface area contributed by atoms with Gasteiger partial charge in [0.05, 0.1) is 13.3 Å². The van der Waals surface area contributed by atoms with E-state index in [0.29, 0.717) is 6.42 Å². The van der Waals surface area contributed by atoms with E-state index in [2.05, 4.69) is 32.5 Å². The van der Waals surface area contributed by atoms with E-state index in [4.69, 9.17) is 9.72 Å². The number of aryl methyl sites for hydroxylation is 1. The van der Waals surface area contributed by atoms with Crippen molar-refractivity contribution < 1.29 is 4.74 Å². The molecular formula is C23H24N6O. The summed E-state index contributed by atoms with van der Waals surface area (Å²) in [6.07, 6.45) is 10.7. The number of hydrogen-bond donors (Lipinski definition) is 1. The van der Waals surface area contributed by atoms with E-state index < -0.39 is 0 Å². The normalized spacial score (nSPS) is 13.5. The topological polar surface area (TPSA) is 77.8 Å². The van der Waals surface area contributed by atoms with Gasteiger partial charge in [0.15, 0.2) is 5.82 Å². The fraction of sp³-hybridized carbons (Fsp3) is 0.304. The van der Waals surface area contributed by atoms with Gasteiger partial charge in [-0.15, -0.1) is 0 Å². The van der Waals surface area contributed by atoms with Gasteiger partial charge in [-0.2, -0.15) is 5.10 Å². The minimum Gasteiger partial charge on any atom is -0.496 e. The van der Waals surface area contributed by atoms with Gasteiger partial charge in [-0.05, 0) is 36.5 Å². The highest BCUT2D eigenvalue weighted by molar-refractivity contribution is 5.87. The summed E-state index contributed by atoms with van der Waals surface area (Å²) in [4.78, 5) is 13.9. The van der Waals surface area contributed by atoms with Gasteiger partial charge in [0.25, 0.3) is 0 Å². The fourth-order valence-corrected chi connectivity index (χ4v) is 3.58. The number of fused-ring (bicyclic) bond motifs is 1. The van der Waals surface area contributed by atoms with Crippen molar-refractivity contribution in [2.45, 2.75) is 19.3 Å². The highest BCUT2D eigenvalue weighted by atomic mass is 16.5. The van der Waals surface area contributed by atoms with Crippen LogP contribution in [0.1, 0.15) is 24.2 Å². The van der Waals surface area contributed by atoms with Crippen molar-refractivity contribution in [1.29, 1.82) is 0 Å². The Morgan fingerprint density at radius 2 is 2.03 bits per heavy atom. The van der Waals surface area contributed by atoms with E-state index in [1.807, 2.05) is 37.8 Å². The Bertz CT molecular complexity index is 1200. The lowest BCUT2D eigenvalue weighted by atomic mass is 10.0. The Kier molecular flexibility index (Phi) is 4.78.